The van der Waals surface area contributed by atoms with E-state index < -0.39 is 5.82 Å². The molecule has 1 aromatic heterocycles. The lowest BCUT2D eigenvalue weighted by atomic mass is 10.2. The number of hydrogen-bond acceptors (Lipinski definition) is 3. The van der Waals surface area contributed by atoms with Crippen molar-refractivity contribution < 1.29 is 9.13 Å². The summed E-state index contributed by atoms with van der Waals surface area (Å²) in [6.45, 7) is 2.07. The van der Waals surface area contributed by atoms with E-state index in [1.54, 1.807) is 12.1 Å². The van der Waals surface area contributed by atoms with Crippen molar-refractivity contribution in [3.05, 3.63) is 52.4 Å². The second-order valence-electron chi connectivity index (χ2n) is 3.86. The molecule has 0 spiro atoms. The molecule has 0 radical (unpaired) electrons. The summed E-state index contributed by atoms with van der Waals surface area (Å²) in [7, 11) is 0. The van der Waals surface area contributed by atoms with Gasteiger partial charge in [-0.15, -0.1) is 0 Å². The van der Waals surface area contributed by atoms with Crippen LogP contribution in [0.1, 0.15) is 11.1 Å². The Hall–Kier alpha value is -1.65. The van der Waals surface area contributed by atoms with Crippen molar-refractivity contribution in [1.29, 1.82) is 0 Å². The van der Waals surface area contributed by atoms with Gasteiger partial charge in [-0.1, -0.05) is 17.7 Å². The fourth-order valence-corrected chi connectivity index (χ4v) is 1.77. The molecular formula is C13H12ClFN2O. The molecule has 18 heavy (non-hydrogen) atoms. The normalized spacial score (nSPS) is 10.4. The van der Waals surface area contributed by atoms with E-state index in [1.807, 2.05) is 13.0 Å². The van der Waals surface area contributed by atoms with Crippen molar-refractivity contribution in [3.8, 4) is 11.6 Å². The van der Waals surface area contributed by atoms with Crippen LogP contribution in [0.3, 0.4) is 0 Å². The highest BCUT2D eigenvalue weighted by Crippen LogP contribution is 2.30. The summed E-state index contributed by atoms with van der Waals surface area (Å²) in [4.78, 5) is 3.87. The highest BCUT2D eigenvalue weighted by molar-refractivity contribution is 6.32. The number of hydrogen-bond donors (Lipinski definition) is 1. The third-order valence-corrected chi connectivity index (χ3v) is 2.70. The fourth-order valence-electron chi connectivity index (χ4n) is 1.50. The molecule has 5 heteroatoms. The minimum atomic E-state index is -0.446. The van der Waals surface area contributed by atoms with Gasteiger partial charge in [0.25, 0.3) is 0 Å². The molecule has 3 nitrogen and oxygen atoms in total. The zero-order valence-corrected chi connectivity index (χ0v) is 10.5. The topological polar surface area (TPSA) is 48.1 Å². The quantitative estimate of drug-likeness (QED) is 0.926. The Morgan fingerprint density at radius 1 is 1.39 bits per heavy atom. The summed E-state index contributed by atoms with van der Waals surface area (Å²) in [5.41, 5.74) is 7.03. The minimum absolute atomic E-state index is 0.142. The van der Waals surface area contributed by atoms with Gasteiger partial charge in [0.15, 0.2) is 0 Å². The first-order chi connectivity index (χ1) is 8.60. The van der Waals surface area contributed by atoms with E-state index in [9.17, 15) is 4.39 Å². The minimum Gasteiger partial charge on any atom is -0.437 e. The van der Waals surface area contributed by atoms with Crippen LogP contribution in [0, 0.1) is 12.7 Å². The van der Waals surface area contributed by atoms with Crippen LogP contribution in [0.25, 0.3) is 0 Å². The molecular weight excluding hydrogens is 255 g/mol. The third kappa shape index (κ3) is 2.78. The van der Waals surface area contributed by atoms with Crippen LogP contribution in [0.2, 0.25) is 5.02 Å². The van der Waals surface area contributed by atoms with Gasteiger partial charge in [0, 0.05) is 12.1 Å². The van der Waals surface area contributed by atoms with Crippen LogP contribution in [-0.2, 0) is 6.54 Å². The summed E-state index contributed by atoms with van der Waals surface area (Å²) in [5.74, 6) is 0.290. The Morgan fingerprint density at radius 2 is 2.17 bits per heavy atom. The predicted molar refractivity (Wildman–Crippen MR) is 68.3 cm³/mol. The first-order valence-electron chi connectivity index (χ1n) is 5.38. The maximum absolute atomic E-state index is 13.0. The molecule has 0 aliphatic rings. The first-order valence-corrected chi connectivity index (χ1v) is 5.76. The Labute approximate surface area is 109 Å². The van der Waals surface area contributed by atoms with Crippen molar-refractivity contribution in [3.63, 3.8) is 0 Å². The van der Waals surface area contributed by atoms with Crippen LogP contribution in [0.5, 0.6) is 11.6 Å². The number of nitrogens with two attached hydrogens (primary N) is 1. The molecule has 0 amide bonds. The Balaban J connectivity index is 2.33. The fraction of sp³-hybridized carbons (Fsp3) is 0.154. The maximum Gasteiger partial charge on any atom is 0.223 e. The summed E-state index contributed by atoms with van der Waals surface area (Å²) in [6.07, 6.45) is 1.08. The Morgan fingerprint density at radius 3 is 2.83 bits per heavy atom. The van der Waals surface area contributed by atoms with E-state index in [4.69, 9.17) is 22.1 Å². The highest BCUT2D eigenvalue weighted by atomic mass is 35.5. The van der Waals surface area contributed by atoms with E-state index in [-0.39, 0.29) is 12.4 Å². The van der Waals surface area contributed by atoms with Crippen molar-refractivity contribution in [2.75, 3.05) is 0 Å². The molecule has 94 valence electrons. The second-order valence-corrected chi connectivity index (χ2v) is 4.27. The van der Waals surface area contributed by atoms with Crippen LogP contribution in [0.15, 0.2) is 30.5 Å². The van der Waals surface area contributed by atoms with Gasteiger partial charge in [0.05, 0.1) is 11.2 Å². The summed E-state index contributed by atoms with van der Waals surface area (Å²) >= 11 is 6.05. The Kier molecular flexibility index (Phi) is 3.79. The lowest BCUT2D eigenvalue weighted by Crippen LogP contribution is -2.02. The number of benzene rings is 1. The lowest BCUT2D eigenvalue weighted by Gasteiger charge is -2.10. The van der Waals surface area contributed by atoms with Crippen molar-refractivity contribution in [2.45, 2.75) is 13.5 Å². The van der Waals surface area contributed by atoms with Crippen molar-refractivity contribution in [2.24, 2.45) is 5.73 Å². The Bertz CT molecular complexity index is 575. The number of aromatic nitrogens is 1. The third-order valence-electron chi connectivity index (χ3n) is 2.41. The monoisotopic (exact) mass is 266 g/mol. The molecule has 0 fully saturated rings. The number of nitrogens with zero attached hydrogens (tertiary/aromatic N) is 1. The van der Waals surface area contributed by atoms with Crippen LogP contribution in [-0.4, -0.2) is 4.98 Å². The van der Waals surface area contributed by atoms with Crippen LogP contribution >= 0.6 is 11.6 Å². The van der Waals surface area contributed by atoms with Gasteiger partial charge in [-0.05, 0) is 30.7 Å². The van der Waals surface area contributed by atoms with Crippen molar-refractivity contribution in [1.82, 2.24) is 4.98 Å². The number of pyridine rings is 1. The van der Waals surface area contributed by atoms with E-state index in [2.05, 4.69) is 4.98 Å². The molecule has 0 atom stereocenters. The molecule has 0 saturated carbocycles. The number of rotatable bonds is 3. The summed E-state index contributed by atoms with van der Waals surface area (Å²) in [5, 5.41) is 0.476. The highest BCUT2D eigenvalue weighted by Gasteiger charge is 2.09. The van der Waals surface area contributed by atoms with Gasteiger partial charge in [-0.2, -0.15) is 0 Å². The van der Waals surface area contributed by atoms with Gasteiger partial charge in [0.1, 0.15) is 11.6 Å². The van der Waals surface area contributed by atoms with Gasteiger partial charge < -0.3 is 10.5 Å². The largest absolute Gasteiger partial charge is 0.437 e. The standard InChI is InChI=1S/C13H12ClFN2O/c1-8-2-3-12(11(14)4-8)18-13-9(6-16)5-10(15)7-17-13/h2-5,7H,6,16H2,1H3. The van der Waals surface area contributed by atoms with Crippen LogP contribution in [0.4, 0.5) is 4.39 Å². The lowest BCUT2D eigenvalue weighted by molar-refractivity contribution is 0.452. The van der Waals surface area contributed by atoms with Crippen molar-refractivity contribution >= 4 is 11.6 Å². The smallest absolute Gasteiger partial charge is 0.223 e. The van der Waals surface area contributed by atoms with E-state index >= 15 is 0 Å². The molecule has 2 rings (SSSR count). The molecule has 0 aliphatic carbocycles. The SMILES string of the molecule is Cc1ccc(Oc2ncc(F)cc2CN)c(Cl)c1. The first kappa shape index (κ1) is 12.8. The van der Waals surface area contributed by atoms with Gasteiger partial charge in [-0.3, -0.25) is 0 Å². The zero-order chi connectivity index (χ0) is 13.1. The molecule has 1 aromatic carbocycles. The zero-order valence-electron chi connectivity index (χ0n) is 9.78. The second kappa shape index (κ2) is 5.33. The summed E-state index contributed by atoms with van der Waals surface area (Å²) in [6, 6.07) is 6.68. The summed E-state index contributed by atoms with van der Waals surface area (Å²) < 4.78 is 18.6. The molecule has 0 unspecified atom stereocenters. The molecule has 0 aliphatic heterocycles. The van der Waals surface area contributed by atoms with E-state index in [0.717, 1.165) is 11.8 Å². The number of halogens is 2. The van der Waals surface area contributed by atoms with Gasteiger partial charge in [0.2, 0.25) is 5.88 Å². The van der Waals surface area contributed by atoms with Gasteiger partial charge >= 0.3 is 0 Å². The molecule has 1 heterocycles. The molecule has 0 saturated heterocycles. The number of aryl methyl sites for hydroxylation is 1. The molecule has 0 bridgehead atoms. The maximum atomic E-state index is 13.0. The van der Waals surface area contributed by atoms with E-state index in [0.29, 0.717) is 16.3 Å². The molecule has 2 N–H and O–H groups in total. The van der Waals surface area contributed by atoms with E-state index in [1.165, 1.54) is 6.07 Å². The average molecular weight is 267 g/mol. The number of ether oxygens (including phenoxy) is 1. The average Bonchev–Trinajstić information content (AvgIpc) is 2.34. The predicted octanol–water partition coefficient (Wildman–Crippen LogP) is 3.43. The molecule has 2 aromatic rings. The van der Waals surface area contributed by atoms with Gasteiger partial charge in [-0.25, -0.2) is 9.37 Å². The van der Waals surface area contributed by atoms with Crippen LogP contribution < -0.4 is 10.5 Å².